The Morgan fingerprint density at radius 3 is 2.66 bits per heavy atom. The molecule has 2 aliphatic rings. The predicted octanol–water partition coefficient (Wildman–Crippen LogP) is 4.87. The zero-order valence-electron chi connectivity index (χ0n) is 18.5. The molecule has 1 spiro atoms. The minimum Gasteiger partial charge on any atom is -0.489 e. The van der Waals surface area contributed by atoms with Crippen molar-refractivity contribution in [3.63, 3.8) is 0 Å². The monoisotopic (exact) mass is 445 g/mol. The van der Waals surface area contributed by atoms with Gasteiger partial charge in [-0.25, -0.2) is 4.39 Å². The van der Waals surface area contributed by atoms with Crippen LogP contribution in [0.15, 0.2) is 30.3 Å². The highest BCUT2D eigenvalue weighted by Gasteiger charge is 2.44. The lowest BCUT2D eigenvalue weighted by Crippen LogP contribution is -2.44. The molecule has 2 heterocycles. The van der Waals surface area contributed by atoms with Gasteiger partial charge >= 0.3 is 5.97 Å². The van der Waals surface area contributed by atoms with Crippen LogP contribution < -0.4 is 9.47 Å². The lowest BCUT2D eigenvalue weighted by molar-refractivity contribution is -0.137. The van der Waals surface area contributed by atoms with E-state index in [-0.39, 0.29) is 41.7 Å². The Morgan fingerprint density at radius 2 is 1.97 bits per heavy atom. The molecular formula is C25H29F2NO4. The SMILES string of the molecule is CC(C)c1cccc(F)c1COc1ccc2c(c1F)OCC21CCN(CCC(=O)O)CC1. The third kappa shape index (κ3) is 4.31. The van der Waals surface area contributed by atoms with Gasteiger partial charge < -0.3 is 19.5 Å². The average molecular weight is 446 g/mol. The number of rotatable bonds is 7. The maximum Gasteiger partial charge on any atom is 0.304 e. The number of hydrogen-bond acceptors (Lipinski definition) is 4. The molecule has 2 aromatic rings. The number of carboxylic acids is 1. The Kier molecular flexibility index (Phi) is 6.38. The normalized spacial score (nSPS) is 17.4. The van der Waals surface area contributed by atoms with Gasteiger partial charge in [0.15, 0.2) is 11.5 Å². The van der Waals surface area contributed by atoms with E-state index < -0.39 is 11.8 Å². The summed E-state index contributed by atoms with van der Waals surface area (Å²) >= 11 is 0. The molecule has 4 rings (SSSR count). The van der Waals surface area contributed by atoms with Crippen LogP contribution in [-0.2, 0) is 16.8 Å². The first-order valence-electron chi connectivity index (χ1n) is 11.1. The molecule has 1 saturated heterocycles. The second-order valence-electron chi connectivity index (χ2n) is 9.06. The molecule has 7 heteroatoms. The minimum atomic E-state index is -0.801. The van der Waals surface area contributed by atoms with Crippen molar-refractivity contribution >= 4 is 5.97 Å². The highest BCUT2D eigenvalue weighted by Crippen LogP contribution is 2.48. The van der Waals surface area contributed by atoms with Gasteiger partial charge in [-0.3, -0.25) is 4.79 Å². The van der Waals surface area contributed by atoms with Crippen LogP contribution in [0.3, 0.4) is 0 Å². The number of likely N-dealkylation sites (tertiary alicyclic amines) is 1. The number of piperidine rings is 1. The van der Waals surface area contributed by atoms with E-state index in [9.17, 15) is 9.18 Å². The molecule has 5 nitrogen and oxygen atoms in total. The lowest BCUT2D eigenvalue weighted by atomic mass is 9.74. The average Bonchev–Trinajstić information content (AvgIpc) is 3.12. The lowest BCUT2D eigenvalue weighted by Gasteiger charge is -2.38. The molecule has 0 aliphatic carbocycles. The van der Waals surface area contributed by atoms with Crippen molar-refractivity contribution in [1.29, 1.82) is 0 Å². The van der Waals surface area contributed by atoms with Crippen molar-refractivity contribution in [2.45, 2.75) is 51.0 Å². The van der Waals surface area contributed by atoms with E-state index in [1.165, 1.54) is 6.07 Å². The fourth-order valence-corrected chi connectivity index (χ4v) is 4.79. The number of nitrogens with zero attached hydrogens (tertiary/aromatic N) is 1. The summed E-state index contributed by atoms with van der Waals surface area (Å²) in [5.74, 6) is -1.31. The standard InChI is InChI=1S/C25H29F2NO4/c1-16(2)17-4-3-5-20(26)18(17)14-31-21-7-6-19-24(23(21)27)32-15-25(19)9-12-28(13-10-25)11-8-22(29)30/h3-7,16H,8-15H2,1-2H3,(H,29,30). The van der Waals surface area contributed by atoms with Gasteiger partial charge in [-0.15, -0.1) is 0 Å². The highest BCUT2D eigenvalue weighted by molar-refractivity contribution is 5.66. The highest BCUT2D eigenvalue weighted by atomic mass is 19.1. The molecule has 2 aliphatic heterocycles. The van der Waals surface area contributed by atoms with Gasteiger partial charge in [0.1, 0.15) is 12.4 Å². The number of benzene rings is 2. The van der Waals surface area contributed by atoms with Gasteiger partial charge in [0, 0.05) is 23.1 Å². The Bertz CT molecular complexity index is 1000. The van der Waals surface area contributed by atoms with Crippen LogP contribution in [0, 0.1) is 11.6 Å². The molecule has 1 N–H and O–H groups in total. The van der Waals surface area contributed by atoms with Crippen molar-refractivity contribution in [3.8, 4) is 11.5 Å². The number of aliphatic carboxylic acids is 1. The maximum absolute atomic E-state index is 15.2. The molecular weight excluding hydrogens is 416 g/mol. The maximum atomic E-state index is 15.2. The van der Waals surface area contributed by atoms with Crippen LogP contribution in [0.1, 0.15) is 55.7 Å². The molecule has 0 amide bonds. The van der Waals surface area contributed by atoms with E-state index in [2.05, 4.69) is 4.90 Å². The number of carbonyl (C=O) groups is 1. The zero-order valence-corrected chi connectivity index (χ0v) is 18.5. The Morgan fingerprint density at radius 1 is 1.22 bits per heavy atom. The summed E-state index contributed by atoms with van der Waals surface area (Å²) < 4.78 is 41.1. The van der Waals surface area contributed by atoms with Crippen molar-refractivity contribution in [2.75, 3.05) is 26.2 Å². The fraction of sp³-hybridized carbons (Fsp3) is 0.480. The van der Waals surface area contributed by atoms with Gasteiger partial charge in [0.2, 0.25) is 5.82 Å². The summed E-state index contributed by atoms with van der Waals surface area (Å²) in [4.78, 5) is 12.9. The predicted molar refractivity (Wildman–Crippen MR) is 116 cm³/mol. The van der Waals surface area contributed by atoms with Gasteiger partial charge in [0.05, 0.1) is 13.0 Å². The summed E-state index contributed by atoms with van der Waals surface area (Å²) in [5.41, 5.74) is 1.86. The number of carboxylic acid groups (broad SMARTS) is 1. The molecule has 0 saturated carbocycles. The Hall–Kier alpha value is -2.67. The molecule has 1 fully saturated rings. The zero-order chi connectivity index (χ0) is 22.9. The molecule has 0 atom stereocenters. The quantitative estimate of drug-likeness (QED) is 0.659. The van der Waals surface area contributed by atoms with Crippen LogP contribution in [-0.4, -0.2) is 42.2 Å². The first-order valence-corrected chi connectivity index (χ1v) is 11.1. The van der Waals surface area contributed by atoms with E-state index in [4.69, 9.17) is 14.6 Å². The van der Waals surface area contributed by atoms with Crippen LogP contribution in [0.4, 0.5) is 8.78 Å². The summed E-state index contributed by atoms with van der Waals surface area (Å²) in [6.45, 7) is 6.33. The molecule has 32 heavy (non-hydrogen) atoms. The summed E-state index contributed by atoms with van der Waals surface area (Å²) in [6, 6.07) is 8.39. The Labute approximate surface area is 186 Å². The van der Waals surface area contributed by atoms with E-state index >= 15 is 4.39 Å². The first-order chi connectivity index (χ1) is 15.3. The van der Waals surface area contributed by atoms with Gasteiger partial charge in [-0.2, -0.15) is 4.39 Å². The molecule has 0 radical (unpaired) electrons. The summed E-state index contributed by atoms with van der Waals surface area (Å²) in [5, 5.41) is 8.89. The first kappa shape index (κ1) is 22.5. The number of fused-ring (bicyclic) bond motifs is 2. The summed E-state index contributed by atoms with van der Waals surface area (Å²) in [6.07, 6.45) is 1.69. The van der Waals surface area contributed by atoms with Gasteiger partial charge in [-0.1, -0.05) is 32.0 Å². The second kappa shape index (κ2) is 9.06. The van der Waals surface area contributed by atoms with Crippen molar-refractivity contribution < 1.29 is 28.2 Å². The van der Waals surface area contributed by atoms with E-state index in [1.54, 1.807) is 12.1 Å². The Balaban J connectivity index is 1.48. The van der Waals surface area contributed by atoms with Crippen molar-refractivity contribution in [2.24, 2.45) is 0 Å². The van der Waals surface area contributed by atoms with Crippen LogP contribution >= 0.6 is 0 Å². The molecule has 2 aromatic carbocycles. The topological polar surface area (TPSA) is 59.0 Å². The van der Waals surface area contributed by atoms with Crippen LogP contribution in [0.25, 0.3) is 0 Å². The number of hydrogen-bond donors (Lipinski definition) is 1. The third-order valence-corrected chi connectivity index (χ3v) is 6.73. The summed E-state index contributed by atoms with van der Waals surface area (Å²) in [7, 11) is 0. The molecule has 172 valence electrons. The second-order valence-corrected chi connectivity index (χ2v) is 9.06. The van der Waals surface area contributed by atoms with Gasteiger partial charge in [-0.05, 0) is 49.5 Å². The molecule has 0 aromatic heterocycles. The number of halogens is 2. The van der Waals surface area contributed by atoms with Crippen molar-refractivity contribution in [1.82, 2.24) is 4.90 Å². The van der Waals surface area contributed by atoms with Gasteiger partial charge in [0.25, 0.3) is 0 Å². The van der Waals surface area contributed by atoms with Crippen LogP contribution in [0.2, 0.25) is 0 Å². The molecule has 0 bridgehead atoms. The largest absolute Gasteiger partial charge is 0.489 e. The molecule has 0 unspecified atom stereocenters. The fourth-order valence-electron chi connectivity index (χ4n) is 4.79. The van der Waals surface area contributed by atoms with Crippen molar-refractivity contribution in [3.05, 3.63) is 58.7 Å². The smallest absolute Gasteiger partial charge is 0.304 e. The van der Waals surface area contributed by atoms with E-state index in [0.29, 0.717) is 18.7 Å². The third-order valence-electron chi connectivity index (χ3n) is 6.73. The number of ether oxygens (including phenoxy) is 2. The van der Waals surface area contributed by atoms with Crippen LogP contribution in [0.5, 0.6) is 11.5 Å². The van der Waals surface area contributed by atoms with E-state index in [0.717, 1.165) is 37.1 Å². The minimum absolute atomic E-state index is 0.0534. The van der Waals surface area contributed by atoms with E-state index in [1.807, 2.05) is 26.0 Å².